The van der Waals surface area contributed by atoms with Crippen LogP contribution in [0, 0.1) is 10.1 Å². The van der Waals surface area contributed by atoms with Crippen LogP contribution in [-0.2, 0) is 11.4 Å². The van der Waals surface area contributed by atoms with Crippen molar-refractivity contribution in [2.24, 2.45) is 5.90 Å². The number of halogens is 1. The molecule has 0 saturated carbocycles. The van der Waals surface area contributed by atoms with E-state index in [1.165, 1.54) is 12.1 Å². The van der Waals surface area contributed by atoms with Crippen molar-refractivity contribution < 1.29 is 9.76 Å². The summed E-state index contributed by atoms with van der Waals surface area (Å²) in [7, 11) is 0. The highest BCUT2D eigenvalue weighted by molar-refractivity contribution is 6.32. The van der Waals surface area contributed by atoms with E-state index in [0.717, 1.165) is 0 Å². The zero-order valence-electron chi connectivity index (χ0n) is 6.57. The quantitative estimate of drug-likeness (QED) is 0.597. The molecule has 0 fully saturated rings. The number of nitrogens with two attached hydrogens (primary N) is 1. The van der Waals surface area contributed by atoms with Crippen LogP contribution in [0.3, 0.4) is 0 Å². The number of nitro benzene ring substituents is 1. The molecular formula is C7H7ClN2O3. The molecule has 0 aliphatic carbocycles. The van der Waals surface area contributed by atoms with Gasteiger partial charge in [-0.3, -0.25) is 15.0 Å². The number of rotatable bonds is 3. The Balaban J connectivity index is 3.04. The molecule has 0 aliphatic heterocycles. The van der Waals surface area contributed by atoms with Gasteiger partial charge in [-0.15, -0.1) is 0 Å². The first-order chi connectivity index (χ1) is 6.15. The molecule has 0 bridgehead atoms. The van der Waals surface area contributed by atoms with Gasteiger partial charge in [0, 0.05) is 6.07 Å². The van der Waals surface area contributed by atoms with Gasteiger partial charge in [-0.1, -0.05) is 17.7 Å². The molecule has 1 rings (SSSR count). The number of nitrogens with zero attached hydrogens (tertiary/aromatic N) is 1. The molecule has 6 heteroatoms. The molecule has 0 aromatic heterocycles. The number of nitro groups is 1. The Morgan fingerprint density at radius 1 is 1.62 bits per heavy atom. The summed E-state index contributed by atoms with van der Waals surface area (Å²) in [5.41, 5.74) is 0.467. The smallest absolute Gasteiger partial charge is 0.288 e. The molecule has 5 nitrogen and oxygen atoms in total. The fourth-order valence-corrected chi connectivity index (χ4v) is 1.07. The molecule has 2 N–H and O–H groups in total. The maximum atomic E-state index is 10.4. The van der Waals surface area contributed by atoms with Gasteiger partial charge in [0.2, 0.25) is 0 Å². The molecule has 0 saturated heterocycles. The van der Waals surface area contributed by atoms with Crippen LogP contribution < -0.4 is 5.90 Å². The van der Waals surface area contributed by atoms with E-state index in [1.807, 2.05) is 0 Å². The molecule has 0 heterocycles. The predicted molar refractivity (Wildman–Crippen MR) is 47.1 cm³/mol. The third-order valence-electron chi connectivity index (χ3n) is 1.46. The molecule has 70 valence electrons. The minimum Gasteiger partial charge on any atom is -0.300 e. The fraction of sp³-hybridized carbons (Fsp3) is 0.143. The van der Waals surface area contributed by atoms with Gasteiger partial charge < -0.3 is 0 Å². The van der Waals surface area contributed by atoms with Gasteiger partial charge in [0.05, 0.1) is 11.5 Å². The van der Waals surface area contributed by atoms with Gasteiger partial charge in [0.1, 0.15) is 5.02 Å². The molecule has 0 amide bonds. The summed E-state index contributed by atoms with van der Waals surface area (Å²) in [5, 5.41) is 10.5. The highest BCUT2D eigenvalue weighted by Gasteiger charge is 2.12. The molecule has 0 atom stereocenters. The lowest BCUT2D eigenvalue weighted by molar-refractivity contribution is -0.384. The number of hydrogen-bond donors (Lipinski definition) is 1. The van der Waals surface area contributed by atoms with Crippen LogP contribution in [0.2, 0.25) is 5.02 Å². The second-order valence-corrected chi connectivity index (χ2v) is 2.76. The van der Waals surface area contributed by atoms with Crippen LogP contribution in [0.1, 0.15) is 5.56 Å². The number of hydrogen-bond acceptors (Lipinski definition) is 4. The van der Waals surface area contributed by atoms with Crippen LogP contribution in [0.25, 0.3) is 0 Å². The molecule has 0 aliphatic rings. The molecule has 0 radical (unpaired) electrons. The van der Waals surface area contributed by atoms with Crippen molar-refractivity contribution in [1.82, 2.24) is 0 Å². The van der Waals surface area contributed by atoms with Gasteiger partial charge in [0.25, 0.3) is 5.69 Å². The minimum absolute atomic E-state index is 0.103. The second kappa shape index (κ2) is 4.18. The van der Waals surface area contributed by atoms with Crippen molar-refractivity contribution in [3.05, 3.63) is 38.9 Å². The highest BCUT2D eigenvalue weighted by atomic mass is 35.5. The molecule has 1 aromatic rings. The second-order valence-electron chi connectivity index (χ2n) is 2.35. The Hall–Kier alpha value is -1.17. The first kappa shape index (κ1) is 9.91. The predicted octanol–water partition coefficient (Wildman–Crippen LogP) is 1.64. The van der Waals surface area contributed by atoms with E-state index >= 15 is 0 Å². The van der Waals surface area contributed by atoms with Crippen molar-refractivity contribution in [2.45, 2.75) is 6.61 Å². The highest BCUT2D eigenvalue weighted by Crippen LogP contribution is 2.24. The summed E-state index contributed by atoms with van der Waals surface area (Å²) in [5.74, 6) is 4.82. The molecular weight excluding hydrogens is 196 g/mol. The molecule has 13 heavy (non-hydrogen) atoms. The summed E-state index contributed by atoms with van der Waals surface area (Å²) in [4.78, 5) is 14.2. The van der Waals surface area contributed by atoms with E-state index in [-0.39, 0.29) is 17.3 Å². The van der Waals surface area contributed by atoms with Crippen molar-refractivity contribution >= 4 is 17.3 Å². The first-order valence-corrected chi connectivity index (χ1v) is 3.77. The Kier molecular flexibility index (Phi) is 3.18. The van der Waals surface area contributed by atoms with E-state index in [1.54, 1.807) is 6.07 Å². The largest absolute Gasteiger partial charge is 0.300 e. The average Bonchev–Trinajstić information content (AvgIpc) is 2.08. The van der Waals surface area contributed by atoms with Crippen molar-refractivity contribution in [3.63, 3.8) is 0 Å². The normalized spacial score (nSPS) is 10.0. The van der Waals surface area contributed by atoms with Gasteiger partial charge in [0.15, 0.2) is 0 Å². The van der Waals surface area contributed by atoms with Crippen molar-refractivity contribution in [3.8, 4) is 0 Å². The molecule has 0 spiro atoms. The SMILES string of the molecule is NOCc1ccc(Cl)c([N+](=O)[O-])c1. The summed E-state index contributed by atoms with van der Waals surface area (Å²) in [6.07, 6.45) is 0. The summed E-state index contributed by atoms with van der Waals surface area (Å²) in [6.45, 7) is 0.123. The Morgan fingerprint density at radius 3 is 2.85 bits per heavy atom. The maximum absolute atomic E-state index is 10.4. The lowest BCUT2D eigenvalue weighted by atomic mass is 10.2. The van der Waals surface area contributed by atoms with E-state index in [4.69, 9.17) is 17.5 Å². The summed E-state index contributed by atoms with van der Waals surface area (Å²) < 4.78 is 0. The lowest BCUT2D eigenvalue weighted by Crippen LogP contribution is -1.99. The Labute approximate surface area is 79.2 Å². The zero-order valence-corrected chi connectivity index (χ0v) is 7.32. The molecule has 1 aromatic carbocycles. The van der Waals surface area contributed by atoms with E-state index in [2.05, 4.69) is 4.84 Å². The summed E-state index contributed by atoms with van der Waals surface area (Å²) >= 11 is 5.58. The van der Waals surface area contributed by atoms with Gasteiger partial charge >= 0.3 is 0 Å². The zero-order chi connectivity index (χ0) is 9.84. The Bertz CT molecular complexity index is 330. The fourth-order valence-electron chi connectivity index (χ4n) is 0.884. The van der Waals surface area contributed by atoms with E-state index in [9.17, 15) is 10.1 Å². The number of benzene rings is 1. The average molecular weight is 203 g/mol. The lowest BCUT2D eigenvalue weighted by Gasteiger charge is -1.99. The van der Waals surface area contributed by atoms with Crippen LogP contribution in [0.5, 0.6) is 0 Å². The van der Waals surface area contributed by atoms with Crippen LogP contribution in [0.4, 0.5) is 5.69 Å². The van der Waals surface area contributed by atoms with Gasteiger partial charge in [-0.2, -0.15) is 0 Å². The summed E-state index contributed by atoms with van der Waals surface area (Å²) in [6, 6.07) is 4.38. The van der Waals surface area contributed by atoms with Crippen LogP contribution in [0.15, 0.2) is 18.2 Å². The topological polar surface area (TPSA) is 78.4 Å². The van der Waals surface area contributed by atoms with Crippen molar-refractivity contribution in [2.75, 3.05) is 0 Å². The third-order valence-corrected chi connectivity index (χ3v) is 1.78. The third kappa shape index (κ3) is 2.38. The maximum Gasteiger partial charge on any atom is 0.288 e. The van der Waals surface area contributed by atoms with E-state index in [0.29, 0.717) is 5.56 Å². The first-order valence-electron chi connectivity index (χ1n) is 3.39. The minimum atomic E-state index is -0.553. The van der Waals surface area contributed by atoms with Gasteiger partial charge in [-0.25, -0.2) is 5.90 Å². The van der Waals surface area contributed by atoms with Gasteiger partial charge in [-0.05, 0) is 11.6 Å². The standard InChI is InChI=1S/C7H7ClN2O3/c8-6-2-1-5(4-13-9)3-7(6)10(11)12/h1-3H,4,9H2. The Morgan fingerprint density at radius 2 is 2.31 bits per heavy atom. The monoisotopic (exact) mass is 202 g/mol. The van der Waals surface area contributed by atoms with E-state index < -0.39 is 4.92 Å². The van der Waals surface area contributed by atoms with Crippen LogP contribution in [-0.4, -0.2) is 4.92 Å². The van der Waals surface area contributed by atoms with Crippen molar-refractivity contribution in [1.29, 1.82) is 0 Å². The molecule has 0 unspecified atom stereocenters. The van der Waals surface area contributed by atoms with Crippen LogP contribution >= 0.6 is 11.6 Å².